The fourth-order valence-electron chi connectivity index (χ4n) is 2.58. The summed E-state index contributed by atoms with van der Waals surface area (Å²) in [4.78, 5) is 29.8. The summed E-state index contributed by atoms with van der Waals surface area (Å²) in [5.41, 5.74) is 1.06. The van der Waals surface area contributed by atoms with Crippen LogP contribution in [0.2, 0.25) is 0 Å². The molecular formula is C23H37N3O3. The van der Waals surface area contributed by atoms with Crippen molar-refractivity contribution in [2.45, 2.75) is 26.8 Å². The third kappa shape index (κ3) is 10.8. The zero-order valence-electron chi connectivity index (χ0n) is 18.9. The summed E-state index contributed by atoms with van der Waals surface area (Å²) >= 11 is 0. The van der Waals surface area contributed by atoms with Gasteiger partial charge in [0.25, 0.3) is 0 Å². The normalized spacial score (nSPS) is 11.6. The molecule has 29 heavy (non-hydrogen) atoms. The van der Waals surface area contributed by atoms with Crippen LogP contribution in [-0.4, -0.2) is 80.8 Å². The largest absolute Gasteiger partial charge is 0.494 e. The number of carbonyl (C=O) groups excluding carboxylic acids is 2. The van der Waals surface area contributed by atoms with E-state index in [4.69, 9.17) is 4.74 Å². The summed E-state index contributed by atoms with van der Waals surface area (Å²) in [7, 11) is 7.78. The Kier molecular flexibility index (Phi) is 11.2. The van der Waals surface area contributed by atoms with Gasteiger partial charge < -0.3 is 14.5 Å². The predicted octanol–water partition coefficient (Wildman–Crippen LogP) is 2.69. The quantitative estimate of drug-likeness (QED) is 0.374. The van der Waals surface area contributed by atoms with Gasteiger partial charge in [-0.15, -0.1) is 0 Å². The number of ether oxygens (including phenoxy) is 1. The molecule has 0 fully saturated rings. The number of hydrogen-bond acceptors (Lipinski definition) is 5. The third-order valence-electron chi connectivity index (χ3n) is 4.46. The SMILES string of the molecule is CC(C)C(=O)/C=C/CN(C)CC(=O)N(C)Cc1ccc(OCCCN(C)C)cc1. The first kappa shape index (κ1) is 24.9. The van der Waals surface area contributed by atoms with Gasteiger partial charge >= 0.3 is 0 Å². The van der Waals surface area contributed by atoms with Crippen LogP contribution in [0.5, 0.6) is 5.75 Å². The molecule has 0 heterocycles. The maximum atomic E-state index is 12.4. The number of amides is 1. The summed E-state index contributed by atoms with van der Waals surface area (Å²) < 4.78 is 5.74. The molecule has 0 aliphatic heterocycles. The van der Waals surface area contributed by atoms with Gasteiger partial charge in [-0.2, -0.15) is 0 Å². The minimum atomic E-state index is -0.000783. The predicted molar refractivity (Wildman–Crippen MR) is 118 cm³/mol. The molecular weight excluding hydrogens is 366 g/mol. The van der Waals surface area contributed by atoms with E-state index in [2.05, 4.69) is 19.0 Å². The van der Waals surface area contributed by atoms with Gasteiger partial charge in [-0.25, -0.2) is 0 Å². The van der Waals surface area contributed by atoms with Crippen LogP contribution in [-0.2, 0) is 16.1 Å². The minimum absolute atomic E-state index is 0.000783. The van der Waals surface area contributed by atoms with E-state index in [0.29, 0.717) is 26.2 Å². The summed E-state index contributed by atoms with van der Waals surface area (Å²) in [6.45, 7) is 6.87. The highest BCUT2D eigenvalue weighted by Crippen LogP contribution is 2.14. The van der Waals surface area contributed by atoms with E-state index in [1.54, 1.807) is 18.0 Å². The summed E-state index contributed by atoms with van der Waals surface area (Å²) in [5, 5.41) is 0. The summed E-state index contributed by atoms with van der Waals surface area (Å²) in [6, 6.07) is 7.89. The Morgan fingerprint density at radius 2 is 1.72 bits per heavy atom. The van der Waals surface area contributed by atoms with E-state index < -0.39 is 0 Å². The number of likely N-dealkylation sites (N-methyl/N-ethyl adjacent to an activating group) is 2. The van der Waals surface area contributed by atoms with Crippen LogP contribution in [0, 0.1) is 5.92 Å². The smallest absolute Gasteiger partial charge is 0.236 e. The zero-order valence-corrected chi connectivity index (χ0v) is 18.9. The first-order chi connectivity index (χ1) is 13.7. The Labute approximate surface area is 176 Å². The Bertz CT molecular complexity index is 654. The van der Waals surface area contributed by atoms with Crippen molar-refractivity contribution in [3.05, 3.63) is 42.0 Å². The summed E-state index contributed by atoms with van der Waals surface area (Å²) in [6.07, 6.45) is 4.40. The lowest BCUT2D eigenvalue weighted by Gasteiger charge is -2.21. The van der Waals surface area contributed by atoms with E-state index in [-0.39, 0.29) is 17.6 Å². The van der Waals surface area contributed by atoms with Gasteiger partial charge in [-0.3, -0.25) is 14.5 Å². The maximum Gasteiger partial charge on any atom is 0.236 e. The highest BCUT2D eigenvalue weighted by Gasteiger charge is 2.12. The average molecular weight is 404 g/mol. The van der Waals surface area contributed by atoms with E-state index in [0.717, 1.165) is 24.3 Å². The number of carbonyl (C=O) groups is 2. The second kappa shape index (κ2) is 13.1. The van der Waals surface area contributed by atoms with Crippen molar-refractivity contribution in [1.82, 2.24) is 14.7 Å². The number of rotatable bonds is 13. The van der Waals surface area contributed by atoms with E-state index in [1.165, 1.54) is 0 Å². The standard InChI is InChI=1S/C23H37N3O3/c1-19(2)22(27)9-7-15-25(5)18-23(28)26(6)17-20-10-12-21(13-11-20)29-16-8-14-24(3)4/h7,9-13,19H,8,14-18H2,1-6H3/b9-7+. The number of ketones is 1. The molecule has 0 aromatic heterocycles. The number of hydrogen-bond donors (Lipinski definition) is 0. The molecule has 0 saturated heterocycles. The van der Waals surface area contributed by atoms with Crippen LogP contribution in [0.4, 0.5) is 0 Å². The molecule has 6 heteroatoms. The lowest BCUT2D eigenvalue weighted by atomic mass is 10.1. The molecule has 1 amide bonds. The number of nitrogens with zero attached hydrogens (tertiary/aromatic N) is 3. The minimum Gasteiger partial charge on any atom is -0.494 e. The molecule has 162 valence electrons. The van der Waals surface area contributed by atoms with Gasteiger partial charge in [0, 0.05) is 32.6 Å². The molecule has 0 atom stereocenters. The van der Waals surface area contributed by atoms with E-state index in [1.807, 2.05) is 56.1 Å². The van der Waals surface area contributed by atoms with Crippen molar-refractivity contribution in [1.29, 1.82) is 0 Å². The van der Waals surface area contributed by atoms with Crippen LogP contribution >= 0.6 is 0 Å². The van der Waals surface area contributed by atoms with Crippen LogP contribution in [0.25, 0.3) is 0 Å². The first-order valence-electron chi connectivity index (χ1n) is 10.2. The highest BCUT2D eigenvalue weighted by molar-refractivity contribution is 5.91. The molecule has 0 aliphatic carbocycles. The van der Waals surface area contributed by atoms with Gasteiger partial charge in [0.2, 0.25) is 5.91 Å². The highest BCUT2D eigenvalue weighted by atomic mass is 16.5. The maximum absolute atomic E-state index is 12.4. The Morgan fingerprint density at radius 3 is 2.31 bits per heavy atom. The Hall–Kier alpha value is -2.18. The van der Waals surface area contributed by atoms with Gasteiger partial charge in [-0.05, 0) is 51.3 Å². The van der Waals surface area contributed by atoms with Gasteiger partial charge in [-0.1, -0.05) is 32.1 Å². The van der Waals surface area contributed by atoms with Crippen molar-refractivity contribution in [2.75, 3.05) is 54.4 Å². The Balaban J connectivity index is 2.39. The van der Waals surface area contributed by atoms with Crippen LogP contribution < -0.4 is 4.74 Å². The fourth-order valence-corrected chi connectivity index (χ4v) is 2.58. The van der Waals surface area contributed by atoms with Gasteiger partial charge in [0.15, 0.2) is 5.78 Å². The molecule has 0 radical (unpaired) electrons. The molecule has 1 aromatic carbocycles. The van der Waals surface area contributed by atoms with Crippen molar-refractivity contribution in [2.24, 2.45) is 5.92 Å². The molecule has 6 nitrogen and oxygen atoms in total. The molecule has 0 saturated carbocycles. The molecule has 0 spiro atoms. The van der Waals surface area contributed by atoms with Crippen molar-refractivity contribution >= 4 is 11.7 Å². The molecule has 0 unspecified atom stereocenters. The van der Waals surface area contributed by atoms with E-state index >= 15 is 0 Å². The molecule has 1 aromatic rings. The fraction of sp³-hybridized carbons (Fsp3) is 0.565. The van der Waals surface area contributed by atoms with Crippen LogP contribution in [0.15, 0.2) is 36.4 Å². The lowest BCUT2D eigenvalue weighted by molar-refractivity contribution is -0.131. The van der Waals surface area contributed by atoms with Crippen molar-refractivity contribution in [3.8, 4) is 5.75 Å². The monoisotopic (exact) mass is 403 g/mol. The first-order valence-corrected chi connectivity index (χ1v) is 10.2. The second-order valence-corrected chi connectivity index (χ2v) is 8.06. The van der Waals surface area contributed by atoms with Crippen LogP contribution in [0.1, 0.15) is 25.8 Å². The van der Waals surface area contributed by atoms with Gasteiger partial charge in [0.05, 0.1) is 13.2 Å². The van der Waals surface area contributed by atoms with Crippen molar-refractivity contribution in [3.63, 3.8) is 0 Å². The molecule has 0 bridgehead atoms. The number of allylic oxidation sites excluding steroid dienone is 1. The zero-order chi connectivity index (χ0) is 21.8. The lowest BCUT2D eigenvalue weighted by Crippen LogP contribution is -2.36. The molecule has 1 rings (SSSR count). The summed E-state index contributed by atoms with van der Waals surface area (Å²) in [5.74, 6) is 0.996. The third-order valence-corrected chi connectivity index (χ3v) is 4.46. The molecule has 0 aliphatic rings. The molecule has 0 N–H and O–H groups in total. The Morgan fingerprint density at radius 1 is 1.07 bits per heavy atom. The topological polar surface area (TPSA) is 53.1 Å². The van der Waals surface area contributed by atoms with Crippen LogP contribution in [0.3, 0.4) is 0 Å². The average Bonchev–Trinajstić information content (AvgIpc) is 2.66. The van der Waals surface area contributed by atoms with Gasteiger partial charge in [0.1, 0.15) is 5.75 Å². The second-order valence-electron chi connectivity index (χ2n) is 8.06. The van der Waals surface area contributed by atoms with Crippen molar-refractivity contribution < 1.29 is 14.3 Å². The van der Waals surface area contributed by atoms with E-state index in [9.17, 15) is 9.59 Å². The number of benzene rings is 1.